The van der Waals surface area contributed by atoms with Crippen molar-refractivity contribution in [3.8, 4) is 0 Å². The zero-order valence-electron chi connectivity index (χ0n) is 7.00. The zero-order valence-corrected chi connectivity index (χ0v) is 7.00. The van der Waals surface area contributed by atoms with Crippen LogP contribution in [-0.2, 0) is 14.3 Å². The summed E-state index contributed by atoms with van der Waals surface area (Å²) in [7, 11) is 1.66. The van der Waals surface area contributed by atoms with Gasteiger partial charge >= 0.3 is 5.97 Å². The number of ether oxygens (including phenoxy) is 2. The lowest BCUT2D eigenvalue weighted by atomic mass is 10.0. The summed E-state index contributed by atoms with van der Waals surface area (Å²) in [4.78, 5) is 10.7. The highest BCUT2D eigenvalue weighted by Gasteiger charge is 2.27. The maximum Gasteiger partial charge on any atom is 0.306 e. The maximum absolute atomic E-state index is 10.7. The Morgan fingerprint density at radius 3 is 3.00 bits per heavy atom. The molecule has 0 saturated carbocycles. The summed E-state index contributed by atoms with van der Waals surface area (Å²) in [5, 5.41) is 0. The van der Waals surface area contributed by atoms with Gasteiger partial charge in [-0.1, -0.05) is 6.92 Å². The summed E-state index contributed by atoms with van der Waals surface area (Å²) in [5.41, 5.74) is 0. The van der Waals surface area contributed by atoms with Crippen LogP contribution >= 0.6 is 0 Å². The van der Waals surface area contributed by atoms with E-state index in [1.54, 1.807) is 7.11 Å². The van der Waals surface area contributed by atoms with Crippen LogP contribution in [0.4, 0.5) is 0 Å². The molecule has 1 aliphatic heterocycles. The van der Waals surface area contributed by atoms with Gasteiger partial charge in [-0.25, -0.2) is 0 Å². The van der Waals surface area contributed by atoms with Gasteiger partial charge < -0.3 is 9.47 Å². The molecule has 2 atom stereocenters. The van der Waals surface area contributed by atoms with E-state index in [1.807, 2.05) is 6.92 Å². The highest BCUT2D eigenvalue weighted by atomic mass is 16.6. The molecule has 0 aromatic carbocycles. The Hall–Kier alpha value is -0.570. The molecule has 1 saturated heterocycles. The highest BCUT2D eigenvalue weighted by Crippen LogP contribution is 2.20. The van der Waals surface area contributed by atoms with Crippen LogP contribution in [0.25, 0.3) is 0 Å². The van der Waals surface area contributed by atoms with E-state index in [4.69, 9.17) is 9.47 Å². The second kappa shape index (κ2) is 3.72. The first-order valence-corrected chi connectivity index (χ1v) is 3.92. The molecule has 1 rings (SSSR count). The Morgan fingerprint density at radius 2 is 2.55 bits per heavy atom. The smallest absolute Gasteiger partial charge is 0.306 e. The molecule has 0 aromatic rings. The first kappa shape index (κ1) is 8.53. The summed E-state index contributed by atoms with van der Waals surface area (Å²) in [6.07, 6.45) is 1.50. The third-order valence-electron chi connectivity index (χ3n) is 1.98. The van der Waals surface area contributed by atoms with Crippen molar-refractivity contribution in [2.45, 2.75) is 25.9 Å². The molecular weight excluding hydrogens is 144 g/mol. The van der Waals surface area contributed by atoms with Crippen molar-refractivity contribution in [1.82, 2.24) is 0 Å². The molecule has 0 N–H and O–H groups in total. The maximum atomic E-state index is 10.7. The Kier molecular flexibility index (Phi) is 2.88. The van der Waals surface area contributed by atoms with Crippen LogP contribution in [0.2, 0.25) is 0 Å². The number of esters is 1. The lowest BCUT2D eigenvalue weighted by Gasteiger charge is -2.16. The highest BCUT2D eigenvalue weighted by molar-refractivity contribution is 5.71. The minimum atomic E-state index is -0.0713. The fourth-order valence-electron chi connectivity index (χ4n) is 1.32. The number of rotatable bonds is 3. The van der Waals surface area contributed by atoms with Crippen LogP contribution in [0.3, 0.4) is 0 Å². The predicted octanol–water partition coefficient (Wildman–Crippen LogP) is 0.974. The summed E-state index contributed by atoms with van der Waals surface area (Å²) in [6.45, 7) is 2.70. The van der Waals surface area contributed by atoms with E-state index in [0.717, 1.165) is 6.42 Å². The average molecular weight is 158 g/mol. The molecule has 0 bridgehead atoms. The van der Waals surface area contributed by atoms with Crippen LogP contribution < -0.4 is 0 Å². The predicted molar refractivity (Wildman–Crippen MR) is 40.2 cm³/mol. The van der Waals surface area contributed by atoms with Gasteiger partial charge in [-0.3, -0.25) is 4.79 Å². The second-order valence-electron chi connectivity index (χ2n) is 3.00. The third-order valence-corrected chi connectivity index (χ3v) is 1.98. The van der Waals surface area contributed by atoms with Crippen LogP contribution in [-0.4, -0.2) is 25.8 Å². The normalized spacial score (nSPS) is 26.7. The topological polar surface area (TPSA) is 35.5 Å². The number of carbonyl (C=O) groups excluding carboxylic acids is 1. The van der Waals surface area contributed by atoms with Crippen molar-refractivity contribution in [1.29, 1.82) is 0 Å². The molecular formula is C8H14O3. The average Bonchev–Trinajstić information content (AvgIpc) is 2.36. The van der Waals surface area contributed by atoms with Crippen molar-refractivity contribution in [3.63, 3.8) is 0 Å². The fraction of sp³-hybridized carbons (Fsp3) is 0.875. The van der Waals surface area contributed by atoms with E-state index in [2.05, 4.69) is 0 Å². The minimum Gasteiger partial charge on any atom is -0.462 e. The number of cyclic esters (lactones) is 1. The van der Waals surface area contributed by atoms with Crippen LogP contribution in [0, 0.1) is 5.92 Å². The minimum absolute atomic E-state index is 0.0713. The van der Waals surface area contributed by atoms with E-state index in [1.165, 1.54) is 0 Å². The Morgan fingerprint density at radius 1 is 1.82 bits per heavy atom. The molecule has 11 heavy (non-hydrogen) atoms. The monoisotopic (exact) mass is 158 g/mol. The molecule has 0 aliphatic carbocycles. The fourth-order valence-corrected chi connectivity index (χ4v) is 1.32. The molecule has 3 heteroatoms. The zero-order chi connectivity index (χ0) is 8.27. The quantitative estimate of drug-likeness (QED) is 0.574. The van der Waals surface area contributed by atoms with Gasteiger partial charge in [-0.15, -0.1) is 0 Å². The number of methoxy groups -OCH3 is 1. The van der Waals surface area contributed by atoms with Gasteiger partial charge in [0, 0.05) is 19.4 Å². The molecule has 0 radical (unpaired) electrons. The van der Waals surface area contributed by atoms with Crippen molar-refractivity contribution < 1.29 is 14.3 Å². The van der Waals surface area contributed by atoms with Gasteiger partial charge in [0.25, 0.3) is 0 Å². The Labute approximate surface area is 66.7 Å². The largest absolute Gasteiger partial charge is 0.462 e. The van der Waals surface area contributed by atoms with Gasteiger partial charge in [0.05, 0.1) is 6.61 Å². The first-order chi connectivity index (χ1) is 5.24. The van der Waals surface area contributed by atoms with Gasteiger partial charge in [-0.2, -0.15) is 0 Å². The Balaban J connectivity index is 2.30. The SMILES string of the molecule is COCC(C)C1CCC(=O)O1. The summed E-state index contributed by atoms with van der Waals surface area (Å²) in [5.74, 6) is 0.254. The van der Waals surface area contributed by atoms with Crippen LogP contribution in [0.15, 0.2) is 0 Å². The van der Waals surface area contributed by atoms with Gasteiger partial charge in [0.2, 0.25) is 0 Å². The standard InChI is InChI=1S/C8H14O3/c1-6(5-10-2)7-3-4-8(9)11-7/h6-7H,3-5H2,1-2H3. The summed E-state index contributed by atoms with van der Waals surface area (Å²) in [6, 6.07) is 0. The Bertz CT molecular complexity index is 144. The van der Waals surface area contributed by atoms with Crippen molar-refractivity contribution in [2.75, 3.05) is 13.7 Å². The van der Waals surface area contributed by atoms with Crippen LogP contribution in [0.1, 0.15) is 19.8 Å². The van der Waals surface area contributed by atoms with E-state index in [0.29, 0.717) is 18.9 Å². The summed E-state index contributed by atoms with van der Waals surface area (Å²) >= 11 is 0. The first-order valence-electron chi connectivity index (χ1n) is 3.92. The lowest BCUT2D eigenvalue weighted by molar-refractivity contribution is -0.143. The van der Waals surface area contributed by atoms with Crippen molar-refractivity contribution in [3.05, 3.63) is 0 Å². The van der Waals surface area contributed by atoms with Crippen molar-refractivity contribution >= 4 is 5.97 Å². The number of carbonyl (C=O) groups is 1. The van der Waals surface area contributed by atoms with E-state index in [9.17, 15) is 4.79 Å². The molecule has 0 aromatic heterocycles. The lowest BCUT2D eigenvalue weighted by Crippen LogP contribution is -2.21. The molecule has 3 nitrogen and oxygen atoms in total. The molecule has 1 aliphatic rings. The number of hydrogen-bond acceptors (Lipinski definition) is 3. The van der Waals surface area contributed by atoms with Gasteiger partial charge in [0.15, 0.2) is 0 Å². The molecule has 0 spiro atoms. The molecule has 64 valence electrons. The molecule has 1 heterocycles. The van der Waals surface area contributed by atoms with Crippen molar-refractivity contribution in [2.24, 2.45) is 5.92 Å². The second-order valence-corrected chi connectivity index (χ2v) is 3.00. The van der Waals surface area contributed by atoms with E-state index < -0.39 is 0 Å². The summed E-state index contributed by atoms with van der Waals surface area (Å²) < 4.78 is 10.0. The van der Waals surface area contributed by atoms with Crippen LogP contribution in [0.5, 0.6) is 0 Å². The number of hydrogen-bond donors (Lipinski definition) is 0. The van der Waals surface area contributed by atoms with E-state index in [-0.39, 0.29) is 12.1 Å². The van der Waals surface area contributed by atoms with E-state index >= 15 is 0 Å². The third kappa shape index (κ3) is 2.19. The molecule has 2 unspecified atom stereocenters. The molecule has 1 fully saturated rings. The van der Waals surface area contributed by atoms with Gasteiger partial charge in [-0.05, 0) is 6.42 Å². The molecule has 0 amide bonds. The van der Waals surface area contributed by atoms with Gasteiger partial charge in [0.1, 0.15) is 6.10 Å².